The third-order valence-corrected chi connectivity index (χ3v) is 3.43. The fourth-order valence-electron chi connectivity index (χ4n) is 2.21. The zero-order chi connectivity index (χ0) is 14.1. The Morgan fingerprint density at radius 1 is 1.35 bits per heavy atom. The number of ether oxygens (including phenoxy) is 1. The van der Waals surface area contributed by atoms with Crippen LogP contribution in [0.5, 0.6) is 5.75 Å². The molecule has 0 radical (unpaired) electrons. The number of benzene rings is 1. The molecule has 1 aromatic heterocycles. The van der Waals surface area contributed by atoms with E-state index in [1.807, 2.05) is 36.1 Å². The maximum Gasteiger partial charge on any atom is 0.167 e. The van der Waals surface area contributed by atoms with Crippen molar-refractivity contribution in [2.24, 2.45) is 0 Å². The molecular formula is C15H14ClFN2O. The summed E-state index contributed by atoms with van der Waals surface area (Å²) in [4.78, 5) is 5.86. The number of hydrogen-bond donors (Lipinski definition) is 0. The summed E-state index contributed by atoms with van der Waals surface area (Å²) in [6.07, 6.45) is 1.52. The Bertz CT molecular complexity index is 629. The van der Waals surface area contributed by atoms with Gasteiger partial charge in [0.2, 0.25) is 0 Å². The minimum Gasteiger partial charge on any atom is -0.487 e. The van der Waals surface area contributed by atoms with Crippen LogP contribution in [-0.2, 0) is 0 Å². The lowest BCUT2D eigenvalue weighted by molar-refractivity contribution is 0.166. The van der Waals surface area contributed by atoms with Crippen molar-refractivity contribution in [3.8, 4) is 5.75 Å². The SMILES string of the molecule is Cc1cccc(OC2CN(c3ncc(Cl)cc3F)C2)c1. The standard InChI is InChI=1S/C15H14ClFN2O/c1-10-3-2-4-12(5-10)20-13-8-19(9-13)15-14(17)6-11(16)7-18-15/h2-7,13H,8-9H2,1H3. The molecule has 0 spiro atoms. The monoisotopic (exact) mass is 292 g/mol. The average molecular weight is 293 g/mol. The summed E-state index contributed by atoms with van der Waals surface area (Å²) < 4.78 is 19.5. The highest BCUT2D eigenvalue weighted by atomic mass is 35.5. The van der Waals surface area contributed by atoms with E-state index < -0.39 is 5.82 Å². The zero-order valence-electron chi connectivity index (χ0n) is 11.0. The van der Waals surface area contributed by atoms with Gasteiger partial charge in [0, 0.05) is 6.20 Å². The van der Waals surface area contributed by atoms with Gasteiger partial charge < -0.3 is 9.64 Å². The van der Waals surface area contributed by atoms with Gasteiger partial charge in [-0.25, -0.2) is 9.37 Å². The van der Waals surface area contributed by atoms with Crippen molar-refractivity contribution in [2.75, 3.05) is 18.0 Å². The van der Waals surface area contributed by atoms with Gasteiger partial charge >= 0.3 is 0 Å². The van der Waals surface area contributed by atoms with E-state index in [0.717, 1.165) is 11.3 Å². The second-order valence-corrected chi connectivity index (χ2v) is 5.36. The second kappa shape index (κ2) is 5.29. The van der Waals surface area contributed by atoms with E-state index in [1.54, 1.807) is 0 Å². The summed E-state index contributed by atoms with van der Waals surface area (Å²) in [5.74, 6) is 0.782. The van der Waals surface area contributed by atoms with Gasteiger partial charge in [-0.1, -0.05) is 23.7 Å². The van der Waals surface area contributed by atoms with Crippen LogP contribution in [0, 0.1) is 12.7 Å². The van der Waals surface area contributed by atoms with Crippen LogP contribution in [-0.4, -0.2) is 24.2 Å². The molecule has 2 heterocycles. The first-order valence-corrected chi connectivity index (χ1v) is 6.79. The Kier molecular flexibility index (Phi) is 3.49. The summed E-state index contributed by atoms with van der Waals surface area (Å²) in [5, 5.41) is 0.305. The Hall–Kier alpha value is -1.81. The van der Waals surface area contributed by atoms with Crippen LogP contribution >= 0.6 is 11.6 Å². The number of nitrogens with zero attached hydrogens (tertiary/aromatic N) is 2. The minimum absolute atomic E-state index is 0.0636. The number of anilines is 1. The molecule has 3 nitrogen and oxygen atoms in total. The van der Waals surface area contributed by atoms with Crippen LogP contribution in [0.25, 0.3) is 0 Å². The fourth-order valence-corrected chi connectivity index (χ4v) is 2.35. The normalized spacial score (nSPS) is 15.1. The van der Waals surface area contributed by atoms with Crippen LogP contribution < -0.4 is 9.64 Å². The van der Waals surface area contributed by atoms with Gasteiger partial charge in [-0.2, -0.15) is 0 Å². The number of aryl methyl sites for hydroxylation is 1. The number of hydrogen-bond acceptors (Lipinski definition) is 3. The van der Waals surface area contributed by atoms with Crippen molar-refractivity contribution in [3.05, 3.63) is 52.9 Å². The van der Waals surface area contributed by atoms with Gasteiger partial charge in [0.15, 0.2) is 11.6 Å². The maximum absolute atomic E-state index is 13.7. The highest BCUT2D eigenvalue weighted by Crippen LogP contribution is 2.26. The van der Waals surface area contributed by atoms with Crippen LogP contribution in [0.1, 0.15) is 5.56 Å². The van der Waals surface area contributed by atoms with Gasteiger partial charge in [0.05, 0.1) is 18.1 Å². The van der Waals surface area contributed by atoms with Crippen molar-refractivity contribution in [3.63, 3.8) is 0 Å². The van der Waals surface area contributed by atoms with E-state index in [4.69, 9.17) is 16.3 Å². The molecule has 0 amide bonds. The third-order valence-electron chi connectivity index (χ3n) is 3.23. The van der Waals surface area contributed by atoms with Crippen LogP contribution in [0.15, 0.2) is 36.5 Å². The van der Waals surface area contributed by atoms with Gasteiger partial charge in [0.25, 0.3) is 0 Å². The molecule has 1 saturated heterocycles. The molecule has 0 unspecified atom stereocenters. The number of aromatic nitrogens is 1. The summed E-state index contributed by atoms with van der Waals surface area (Å²) >= 11 is 5.69. The number of rotatable bonds is 3. The van der Waals surface area contributed by atoms with E-state index in [9.17, 15) is 4.39 Å². The molecule has 1 aromatic carbocycles. The predicted molar refractivity (Wildman–Crippen MR) is 77.0 cm³/mol. The molecule has 20 heavy (non-hydrogen) atoms. The van der Waals surface area contributed by atoms with Crippen LogP contribution in [0.4, 0.5) is 10.2 Å². The lowest BCUT2D eigenvalue weighted by Gasteiger charge is -2.39. The van der Waals surface area contributed by atoms with Crippen LogP contribution in [0.3, 0.4) is 0 Å². The smallest absolute Gasteiger partial charge is 0.167 e. The highest BCUT2D eigenvalue weighted by molar-refractivity contribution is 6.30. The summed E-state index contributed by atoms with van der Waals surface area (Å²) in [6, 6.07) is 9.17. The molecule has 2 aromatic rings. The minimum atomic E-state index is -0.397. The molecule has 0 N–H and O–H groups in total. The molecule has 3 rings (SSSR count). The molecular weight excluding hydrogens is 279 g/mol. The largest absolute Gasteiger partial charge is 0.487 e. The van der Waals surface area contributed by atoms with E-state index in [1.165, 1.54) is 12.3 Å². The van der Waals surface area contributed by atoms with E-state index >= 15 is 0 Å². The zero-order valence-corrected chi connectivity index (χ0v) is 11.8. The Morgan fingerprint density at radius 3 is 2.85 bits per heavy atom. The number of halogens is 2. The highest BCUT2D eigenvalue weighted by Gasteiger charge is 2.31. The van der Waals surface area contributed by atoms with Gasteiger partial charge in [0.1, 0.15) is 11.9 Å². The van der Waals surface area contributed by atoms with Crippen molar-refractivity contribution in [1.29, 1.82) is 0 Å². The van der Waals surface area contributed by atoms with E-state index in [0.29, 0.717) is 23.9 Å². The topological polar surface area (TPSA) is 25.4 Å². The second-order valence-electron chi connectivity index (χ2n) is 4.92. The maximum atomic E-state index is 13.7. The fraction of sp³-hybridized carbons (Fsp3) is 0.267. The van der Waals surface area contributed by atoms with Crippen molar-refractivity contribution in [1.82, 2.24) is 4.98 Å². The quantitative estimate of drug-likeness (QED) is 0.866. The predicted octanol–water partition coefficient (Wildman–Crippen LogP) is 3.45. The summed E-state index contributed by atoms with van der Waals surface area (Å²) in [7, 11) is 0. The van der Waals surface area contributed by atoms with Gasteiger partial charge in [-0.05, 0) is 30.7 Å². The van der Waals surface area contributed by atoms with E-state index in [2.05, 4.69) is 4.98 Å². The van der Waals surface area contributed by atoms with Crippen LogP contribution in [0.2, 0.25) is 5.02 Å². The molecule has 0 saturated carbocycles. The lowest BCUT2D eigenvalue weighted by atomic mass is 10.1. The lowest BCUT2D eigenvalue weighted by Crippen LogP contribution is -2.54. The molecule has 0 aliphatic carbocycles. The summed E-state index contributed by atoms with van der Waals surface area (Å²) in [5.41, 5.74) is 1.16. The molecule has 5 heteroatoms. The van der Waals surface area contributed by atoms with Crippen molar-refractivity contribution in [2.45, 2.75) is 13.0 Å². The molecule has 0 bridgehead atoms. The average Bonchev–Trinajstić information content (AvgIpc) is 2.34. The number of pyridine rings is 1. The third kappa shape index (κ3) is 2.70. The molecule has 104 valence electrons. The van der Waals surface area contributed by atoms with E-state index in [-0.39, 0.29) is 6.10 Å². The molecule has 1 aliphatic heterocycles. The van der Waals surface area contributed by atoms with Gasteiger partial charge in [-0.3, -0.25) is 0 Å². The molecule has 1 fully saturated rings. The van der Waals surface area contributed by atoms with Crippen molar-refractivity contribution < 1.29 is 9.13 Å². The Balaban J connectivity index is 1.61. The first kappa shape index (κ1) is 13.2. The van der Waals surface area contributed by atoms with Gasteiger partial charge in [-0.15, -0.1) is 0 Å². The summed E-state index contributed by atoms with van der Waals surface area (Å²) in [6.45, 7) is 3.27. The Labute approximate surface area is 122 Å². The van der Waals surface area contributed by atoms with Crippen molar-refractivity contribution >= 4 is 17.4 Å². The molecule has 0 atom stereocenters. The molecule has 1 aliphatic rings. The first-order chi connectivity index (χ1) is 9.61. The Morgan fingerprint density at radius 2 is 2.15 bits per heavy atom. The first-order valence-electron chi connectivity index (χ1n) is 6.41.